The molecule has 0 aromatic carbocycles. The molecule has 1 aliphatic carbocycles. The normalized spacial score (nSPS) is 27.6. The maximum atomic E-state index is 11.7. The lowest BCUT2D eigenvalue weighted by Gasteiger charge is -2.33. The molecule has 0 amide bonds. The molecular weight excluding hydrogens is 312 g/mol. The summed E-state index contributed by atoms with van der Waals surface area (Å²) in [5, 5.41) is 3.37. The SMILES string of the molecule is C[S+]([O-])c1cnccc1O[C@H]1CC[C@H](OC2CCNCC2)CC1. The summed E-state index contributed by atoms with van der Waals surface area (Å²) in [6.07, 6.45) is 12.3. The van der Waals surface area contributed by atoms with Crippen molar-refractivity contribution in [2.24, 2.45) is 0 Å². The van der Waals surface area contributed by atoms with Crippen molar-refractivity contribution in [3.63, 3.8) is 0 Å². The van der Waals surface area contributed by atoms with E-state index in [9.17, 15) is 4.55 Å². The fourth-order valence-electron chi connectivity index (χ4n) is 3.35. The van der Waals surface area contributed by atoms with Crippen LogP contribution in [0.1, 0.15) is 38.5 Å². The Labute approximate surface area is 141 Å². The number of hydrogen-bond donors (Lipinski definition) is 1. The first-order valence-electron chi connectivity index (χ1n) is 8.52. The predicted octanol–water partition coefficient (Wildman–Crippen LogP) is 2.28. The summed E-state index contributed by atoms with van der Waals surface area (Å²) in [4.78, 5) is 4.72. The second-order valence-electron chi connectivity index (χ2n) is 6.38. The van der Waals surface area contributed by atoms with E-state index < -0.39 is 11.2 Å². The number of rotatable bonds is 5. The summed E-state index contributed by atoms with van der Waals surface area (Å²) in [6, 6.07) is 1.81. The van der Waals surface area contributed by atoms with Crippen LogP contribution in [0.15, 0.2) is 23.4 Å². The molecule has 0 bridgehead atoms. The van der Waals surface area contributed by atoms with Crippen molar-refractivity contribution in [3.05, 3.63) is 18.5 Å². The van der Waals surface area contributed by atoms with Crippen LogP contribution in [0.4, 0.5) is 0 Å². The van der Waals surface area contributed by atoms with Crippen molar-refractivity contribution in [3.8, 4) is 5.75 Å². The summed E-state index contributed by atoms with van der Waals surface area (Å²) in [5.74, 6) is 0.712. The van der Waals surface area contributed by atoms with Crippen LogP contribution in [0, 0.1) is 0 Å². The number of pyridine rings is 1. The van der Waals surface area contributed by atoms with E-state index in [1.807, 2.05) is 6.07 Å². The van der Waals surface area contributed by atoms with E-state index in [0.29, 0.717) is 22.9 Å². The minimum Gasteiger partial charge on any atom is -0.612 e. The lowest BCUT2D eigenvalue weighted by Crippen LogP contribution is -2.37. The topological polar surface area (TPSA) is 66.4 Å². The quantitative estimate of drug-likeness (QED) is 0.834. The summed E-state index contributed by atoms with van der Waals surface area (Å²) in [7, 11) is 0. The molecule has 0 spiro atoms. The van der Waals surface area contributed by atoms with Crippen LogP contribution in [0.5, 0.6) is 5.75 Å². The number of nitrogens with one attached hydrogen (secondary N) is 1. The van der Waals surface area contributed by atoms with Crippen molar-refractivity contribution in [1.29, 1.82) is 0 Å². The maximum absolute atomic E-state index is 11.7. The van der Waals surface area contributed by atoms with E-state index in [4.69, 9.17) is 9.47 Å². The highest BCUT2D eigenvalue weighted by Crippen LogP contribution is 2.30. The first kappa shape index (κ1) is 17.0. The lowest BCUT2D eigenvalue weighted by atomic mass is 9.94. The molecule has 1 atom stereocenters. The van der Waals surface area contributed by atoms with Gasteiger partial charge in [-0.1, -0.05) is 0 Å². The average Bonchev–Trinajstić information content (AvgIpc) is 2.58. The Hall–Kier alpha value is -0.820. The Morgan fingerprint density at radius 3 is 2.43 bits per heavy atom. The molecule has 128 valence electrons. The van der Waals surface area contributed by atoms with E-state index in [1.165, 1.54) is 0 Å². The molecule has 3 rings (SSSR count). The Morgan fingerprint density at radius 1 is 1.09 bits per heavy atom. The van der Waals surface area contributed by atoms with E-state index in [2.05, 4.69) is 10.3 Å². The zero-order valence-electron chi connectivity index (χ0n) is 13.7. The van der Waals surface area contributed by atoms with Crippen LogP contribution in [-0.2, 0) is 15.9 Å². The second kappa shape index (κ2) is 8.33. The molecular formula is C17H26N2O3S. The van der Waals surface area contributed by atoms with Crippen LogP contribution in [0.2, 0.25) is 0 Å². The number of aromatic nitrogens is 1. The Morgan fingerprint density at radius 2 is 1.74 bits per heavy atom. The van der Waals surface area contributed by atoms with Gasteiger partial charge in [-0.15, -0.1) is 0 Å². The van der Waals surface area contributed by atoms with E-state index in [1.54, 1.807) is 18.6 Å². The van der Waals surface area contributed by atoms with E-state index in [-0.39, 0.29) is 6.10 Å². The molecule has 2 aliphatic rings. The van der Waals surface area contributed by atoms with Crippen LogP contribution in [0.3, 0.4) is 0 Å². The zero-order chi connectivity index (χ0) is 16.1. The van der Waals surface area contributed by atoms with Gasteiger partial charge < -0.3 is 19.3 Å². The van der Waals surface area contributed by atoms with Gasteiger partial charge in [-0.3, -0.25) is 4.98 Å². The smallest absolute Gasteiger partial charge is 0.212 e. The van der Waals surface area contributed by atoms with Gasteiger partial charge in [0.05, 0.1) is 24.5 Å². The highest BCUT2D eigenvalue weighted by atomic mass is 32.2. The van der Waals surface area contributed by atoms with Gasteiger partial charge in [0.25, 0.3) is 0 Å². The summed E-state index contributed by atoms with van der Waals surface area (Å²) < 4.78 is 24.1. The maximum Gasteiger partial charge on any atom is 0.212 e. The van der Waals surface area contributed by atoms with Crippen molar-refractivity contribution in [2.45, 2.75) is 61.7 Å². The van der Waals surface area contributed by atoms with Crippen molar-refractivity contribution >= 4 is 11.2 Å². The minimum atomic E-state index is -1.07. The fourth-order valence-corrected chi connectivity index (χ4v) is 3.96. The first-order valence-corrected chi connectivity index (χ1v) is 10.1. The van der Waals surface area contributed by atoms with Crippen molar-refractivity contribution in [2.75, 3.05) is 19.3 Å². The number of piperidine rings is 1. The number of nitrogens with zero attached hydrogens (tertiary/aromatic N) is 1. The lowest BCUT2D eigenvalue weighted by molar-refractivity contribution is -0.0550. The molecule has 2 heterocycles. The largest absolute Gasteiger partial charge is 0.612 e. The van der Waals surface area contributed by atoms with Crippen LogP contribution < -0.4 is 10.1 Å². The minimum absolute atomic E-state index is 0.188. The van der Waals surface area contributed by atoms with Crippen LogP contribution in [-0.4, -0.2) is 47.2 Å². The molecule has 0 radical (unpaired) electrons. The van der Waals surface area contributed by atoms with Gasteiger partial charge in [0.2, 0.25) is 4.90 Å². The van der Waals surface area contributed by atoms with Crippen molar-refractivity contribution < 1.29 is 14.0 Å². The summed E-state index contributed by atoms with van der Waals surface area (Å²) in [5.41, 5.74) is 0. The average molecular weight is 338 g/mol. The number of ether oxygens (including phenoxy) is 2. The zero-order valence-corrected chi connectivity index (χ0v) is 14.5. The van der Waals surface area contributed by atoms with Gasteiger partial charge in [0, 0.05) is 12.3 Å². The molecule has 1 unspecified atom stereocenters. The van der Waals surface area contributed by atoms with E-state index >= 15 is 0 Å². The van der Waals surface area contributed by atoms with Crippen molar-refractivity contribution in [1.82, 2.24) is 10.3 Å². The van der Waals surface area contributed by atoms with Gasteiger partial charge in [-0.25, -0.2) is 0 Å². The molecule has 1 saturated heterocycles. The molecule has 1 aliphatic heterocycles. The second-order valence-corrected chi connectivity index (χ2v) is 7.73. The molecule has 6 heteroatoms. The molecule has 1 aromatic heterocycles. The Bertz CT molecular complexity index is 486. The Kier molecular flexibility index (Phi) is 6.16. The van der Waals surface area contributed by atoms with Gasteiger partial charge >= 0.3 is 0 Å². The third kappa shape index (κ3) is 4.83. The van der Waals surface area contributed by atoms with Gasteiger partial charge in [-0.2, -0.15) is 0 Å². The van der Waals surface area contributed by atoms with Gasteiger partial charge in [-0.05, 0) is 62.8 Å². The van der Waals surface area contributed by atoms with E-state index in [0.717, 1.165) is 51.6 Å². The van der Waals surface area contributed by atoms with Gasteiger partial charge in [0.15, 0.2) is 5.75 Å². The summed E-state index contributed by atoms with van der Waals surface area (Å²) >= 11 is -1.07. The highest BCUT2D eigenvalue weighted by Gasteiger charge is 2.27. The summed E-state index contributed by atoms with van der Waals surface area (Å²) in [6.45, 7) is 2.14. The third-order valence-corrected chi connectivity index (χ3v) is 5.57. The fraction of sp³-hybridized carbons (Fsp3) is 0.706. The molecule has 1 N–H and O–H groups in total. The first-order chi connectivity index (χ1) is 11.2. The molecule has 5 nitrogen and oxygen atoms in total. The van der Waals surface area contributed by atoms with Gasteiger partial charge in [0.1, 0.15) is 6.26 Å². The monoisotopic (exact) mass is 338 g/mol. The molecule has 1 aromatic rings. The third-order valence-electron chi connectivity index (χ3n) is 4.64. The van der Waals surface area contributed by atoms with Crippen LogP contribution in [0.25, 0.3) is 0 Å². The molecule has 2 fully saturated rings. The number of hydrogen-bond acceptors (Lipinski definition) is 5. The molecule has 1 saturated carbocycles. The van der Waals surface area contributed by atoms with Crippen LogP contribution >= 0.6 is 0 Å². The predicted molar refractivity (Wildman–Crippen MR) is 90.2 cm³/mol. The highest BCUT2D eigenvalue weighted by molar-refractivity contribution is 7.90. The Balaban J connectivity index is 1.47. The molecule has 23 heavy (non-hydrogen) atoms. The standard InChI is InChI=1S/C17H26N2O3S/c1-23(20)17-12-19-11-8-16(17)22-14-4-2-13(3-5-14)21-15-6-9-18-10-7-15/h8,11-15,18H,2-7,9-10H2,1H3/t13-,14-,23?.